The lowest BCUT2D eigenvalue weighted by atomic mass is 10.0. The number of hydrogen-bond acceptors (Lipinski definition) is 7. The topological polar surface area (TPSA) is 109 Å². The van der Waals surface area contributed by atoms with E-state index in [2.05, 4.69) is 73.8 Å². The van der Waals surface area contributed by atoms with Crippen molar-refractivity contribution in [2.45, 2.75) is 122 Å². The number of benzene rings is 1. The van der Waals surface area contributed by atoms with Crippen LogP contribution >= 0.6 is 11.8 Å². The van der Waals surface area contributed by atoms with Crippen molar-refractivity contribution >= 4 is 23.8 Å². The summed E-state index contributed by atoms with van der Waals surface area (Å²) in [7, 11) is 0. The molecule has 2 amide bonds. The lowest BCUT2D eigenvalue weighted by Gasteiger charge is -2.29. The van der Waals surface area contributed by atoms with E-state index in [1.165, 1.54) is 5.56 Å². The predicted molar refractivity (Wildman–Crippen MR) is 199 cm³/mol. The third kappa shape index (κ3) is 21.7. The number of terminal acetylenes is 1. The van der Waals surface area contributed by atoms with E-state index in [1.54, 1.807) is 11.8 Å². The van der Waals surface area contributed by atoms with E-state index in [9.17, 15) is 23.5 Å². The number of hydrogen-bond donors (Lipinski definition) is 4. The number of halogens is 2. The number of alkyl halides is 1. The van der Waals surface area contributed by atoms with Gasteiger partial charge in [-0.2, -0.15) is 11.8 Å². The van der Waals surface area contributed by atoms with E-state index in [0.29, 0.717) is 56.6 Å². The number of rotatable bonds is 20. The number of carbonyl (C=O) groups excluding carboxylic acids is 2. The van der Waals surface area contributed by atoms with Gasteiger partial charge in [-0.3, -0.25) is 4.79 Å². The average Bonchev–Trinajstić information content (AvgIpc) is 3.11. The van der Waals surface area contributed by atoms with Crippen LogP contribution in [-0.4, -0.2) is 78.8 Å². The molecule has 1 saturated heterocycles. The maximum Gasteiger partial charge on any atom is 0.408 e. The molecule has 8 nitrogen and oxygen atoms in total. The summed E-state index contributed by atoms with van der Waals surface area (Å²) in [4.78, 5) is 26.5. The Hall–Kier alpha value is -2.91. The molecular formula is C38H61F2N3O5S. The zero-order valence-electron chi connectivity index (χ0n) is 30.2. The van der Waals surface area contributed by atoms with Crippen molar-refractivity contribution < 1.29 is 33.0 Å². The van der Waals surface area contributed by atoms with Crippen molar-refractivity contribution in [2.75, 3.05) is 32.2 Å². The Kier molecular flexibility index (Phi) is 28.2. The molecule has 0 radical (unpaired) electrons. The van der Waals surface area contributed by atoms with Crippen LogP contribution in [0.4, 0.5) is 13.6 Å². The molecule has 2 rings (SSSR count). The Morgan fingerprint density at radius 3 is 2.33 bits per heavy atom. The number of allylic oxidation sites excluding steroid dienone is 2. The van der Waals surface area contributed by atoms with Crippen molar-refractivity contribution in [3.63, 3.8) is 0 Å². The van der Waals surface area contributed by atoms with Gasteiger partial charge in [0.1, 0.15) is 18.8 Å². The molecule has 278 valence electrons. The number of ether oxygens (including phenoxy) is 2. The largest absolute Gasteiger partial charge is 0.446 e. The number of thioether (sulfide) groups is 1. The summed E-state index contributed by atoms with van der Waals surface area (Å²) in [5.74, 6) is 0.137. The van der Waals surface area contributed by atoms with Gasteiger partial charge in [-0.25, -0.2) is 13.6 Å². The number of amides is 2. The van der Waals surface area contributed by atoms with Crippen LogP contribution in [0.5, 0.6) is 0 Å². The highest BCUT2D eigenvalue weighted by Crippen LogP contribution is 2.23. The number of aliphatic hydroxyl groups excluding tert-OH is 1. The highest BCUT2D eigenvalue weighted by molar-refractivity contribution is 7.99. The van der Waals surface area contributed by atoms with E-state index in [1.807, 2.05) is 19.9 Å². The second-order valence-electron chi connectivity index (χ2n) is 11.8. The van der Waals surface area contributed by atoms with Crippen LogP contribution in [0.25, 0.3) is 0 Å². The molecule has 1 aliphatic heterocycles. The van der Waals surface area contributed by atoms with Gasteiger partial charge >= 0.3 is 6.09 Å². The van der Waals surface area contributed by atoms with Crippen LogP contribution in [0, 0.1) is 12.8 Å². The van der Waals surface area contributed by atoms with Crippen molar-refractivity contribution in [3.8, 4) is 12.8 Å². The van der Waals surface area contributed by atoms with Gasteiger partial charge in [0.25, 0.3) is 0 Å². The second kappa shape index (κ2) is 30.0. The van der Waals surface area contributed by atoms with Crippen LogP contribution in [-0.2, 0) is 27.2 Å². The summed E-state index contributed by atoms with van der Waals surface area (Å²) in [5, 5.41) is 20.9. The number of carbonyl (C=O) groups is 2. The summed E-state index contributed by atoms with van der Waals surface area (Å²) in [6.45, 7) is 11.8. The molecule has 49 heavy (non-hydrogen) atoms. The van der Waals surface area contributed by atoms with E-state index < -0.39 is 31.0 Å². The molecule has 0 aromatic heterocycles. The molecule has 1 fully saturated rings. The van der Waals surface area contributed by atoms with E-state index >= 15 is 0 Å². The maximum atomic E-state index is 13.7. The summed E-state index contributed by atoms with van der Waals surface area (Å²) in [6, 6.07) is 7.11. The number of nitrogens with one attached hydrogen (secondary N) is 3. The molecule has 1 heterocycles. The molecule has 3 unspecified atom stereocenters. The first-order chi connectivity index (χ1) is 23.7. The molecule has 1 aliphatic rings. The fraction of sp³-hybridized carbons (Fsp3) is 0.632. The fourth-order valence-corrected chi connectivity index (χ4v) is 6.53. The molecular weight excluding hydrogens is 648 g/mol. The van der Waals surface area contributed by atoms with E-state index in [0.717, 1.165) is 49.3 Å². The van der Waals surface area contributed by atoms with Crippen LogP contribution in [0.1, 0.15) is 90.7 Å². The van der Waals surface area contributed by atoms with Crippen molar-refractivity contribution in [1.29, 1.82) is 0 Å². The Balaban J connectivity index is 0.00000300. The van der Waals surface area contributed by atoms with Crippen molar-refractivity contribution in [3.05, 3.63) is 59.4 Å². The van der Waals surface area contributed by atoms with Crippen LogP contribution in [0.3, 0.4) is 0 Å². The Bertz CT molecular complexity index is 1090. The Morgan fingerprint density at radius 2 is 1.78 bits per heavy atom. The molecule has 0 spiro atoms. The first-order valence-electron chi connectivity index (χ1n) is 17.4. The summed E-state index contributed by atoms with van der Waals surface area (Å²) in [6.07, 6.45) is 16.4. The Morgan fingerprint density at radius 1 is 1.12 bits per heavy atom. The molecule has 0 saturated carbocycles. The van der Waals surface area contributed by atoms with Crippen LogP contribution < -0.4 is 16.0 Å². The molecule has 1 aromatic carbocycles. The van der Waals surface area contributed by atoms with Gasteiger partial charge in [-0.1, -0.05) is 69.5 Å². The SMILES string of the molecule is C#C.C/C=C(\C)CC(NC(=O)C(CSC(CCC)CCC)NC(=O)OC1CCOCC1)C(O)CNCc1cccc(CC)c1.F/C=C/CF. The van der Waals surface area contributed by atoms with Crippen LogP contribution in [0.15, 0.2) is 48.3 Å². The van der Waals surface area contributed by atoms with Gasteiger partial charge < -0.3 is 30.5 Å². The van der Waals surface area contributed by atoms with Crippen LogP contribution in [0.2, 0.25) is 0 Å². The lowest BCUT2D eigenvalue weighted by molar-refractivity contribution is -0.124. The highest BCUT2D eigenvalue weighted by atomic mass is 32.2. The van der Waals surface area contributed by atoms with Gasteiger partial charge in [0.2, 0.25) is 5.91 Å². The number of alkyl carbamates (subject to hydrolysis) is 1. The number of aryl methyl sites for hydroxylation is 1. The average molecular weight is 710 g/mol. The van der Waals surface area contributed by atoms with Gasteiger partial charge in [-0.15, -0.1) is 12.8 Å². The molecule has 0 aliphatic carbocycles. The molecule has 4 N–H and O–H groups in total. The summed E-state index contributed by atoms with van der Waals surface area (Å²) >= 11 is 1.73. The fourth-order valence-electron chi connectivity index (χ4n) is 5.02. The van der Waals surface area contributed by atoms with Gasteiger partial charge in [0.15, 0.2) is 0 Å². The van der Waals surface area contributed by atoms with Gasteiger partial charge in [0, 0.05) is 36.9 Å². The third-order valence-corrected chi connectivity index (χ3v) is 9.33. The normalized spacial score (nSPS) is 15.3. The smallest absolute Gasteiger partial charge is 0.408 e. The zero-order valence-corrected chi connectivity index (χ0v) is 31.0. The van der Waals surface area contributed by atoms with Gasteiger partial charge in [0.05, 0.1) is 31.7 Å². The van der Waals surface area contributed by atoms with Crippen molar-refractivity contribution in [1.82, 2.24) is 16.0 Å². The Labute approximate surface area is 298 Å². The second-order valence-corrected chi connectivity index (χ2v) is 13.1. The minimum Gasteiger partial charge on any atom is -0.446 e. The minimum absolute atomic E-state index is 0.181. The van der Waals surface area contributed by atoms with E-state index in [4.69, 9.17) is 9.47 Å². The lowest BCUT2D eigenvalue weighted by Crippen LogP contribution is -2.55. The third-order valence-electron chi connectivity index (χ3n) is 7.86. The standard InChI is InChI=1S/C33H55N3O5S.C3H4F2.C2H2/c1-6-11-28(12-7-2)42-23-30(36-33(39)41-27-15-17-40-18-16-27)32(38)35-29(19-24(5)8-3)31(37)22-34-21-26-14-10-13-25(9-4)20-26;4-2-1-3-5;1-2/h8,10,13-14,20,27-31,34,37H,6-7,9,11-12,15-19,21-23H2,1-5H3,(H,35,38)(H,36,39);1-2H,3H2;1-2H/b24-8+;2-1+;. The summed E-state index contributed by atoms with van der Waals surface area (Å²) < 4.78 is 32.2. The van der Waals surface area contributed by atoms with Crippen molar-refractivity contribution in [2.24, 2.45) is 0 Å². The molecule has 0 bridgehead atoms. The highest BCUT2D eigenvalue weighted by Gasteiger charge is 2.29. The molecule has 3 atom stereocenters. The monoisotopic (exact) mass is 709 g/mol. The molecule has 1 aromatic rings. The summed E-state index contributed by atoms with van der Waals surface area (Å²) in [5.41, 5.74) is 3.50. The minimum atomic E-state index is -0.811. The molecule has 11 heteroatoms. The number of aliphatic hydroxyl groups is 1. The maximum absolute atomic E-state index is 13.7. The first kappa shape index (κ1) is 46.1. The first-order valence-corrected chi connectivity index (χ1v) is 18.5. The van der Waals surface area contributed by atoms with Gasteiger partial charge in [-0.05, 0) is 56.7 Å². The quantitative estimate of drug-likeness (QED) is 0.0838. The van der Waals surface area contributed by atoms with E-state index in [-0.39, 0.29) is 18.3 Å². The zero-order chi connectivity index (χ0) is 36.9. The predicted octanol–water partition coefficient (Wildman–Crippen LogP) is 7.20.